The Hall–Kier alpha value is -3.52. The number of pyridine rings is 2. The molecular weight excluding hydrogens is 433 g/mol. The molecule has 164 valence electrons. The lowest BCUT2D eigenvalue weighted by atomic mass is 10.1. The number of hydrogen-bond acceptors (Lipinski definition) is 6. The molecule has 0 saturated carbocycles. The summed E-state index contributed by atoms with van der Waals surface area (Å²) in [6.07, 6.45) is 1.62. The van der Waals surface area contributed by atoms with Crippen LogP contribution < -0.4 is 11.1 Å². The van der Waals surface area contributed by atoms with Gasteiger partial charge >= 0.3 is 0 Å². The molecule has 0 spiro atoms. The molecule has 4 rings (SSSR count). The van der Waals surface area contributed by atoms with Crippen molar-refractivity contribution < 1.29 is 13.6 Å². The van der Waals surface area contributed by atoms with E-state index in [1.54, 1.807) is 25.1 Å². The van der Waals surface area contributed by atoms with Crippen molar-refractivity contribution in [2.24, 2.45) is 0 Å². The first-order chi connectivity index (χ1) is 15.2. The lowest BCUT2D eigenvalue weighted by molar-refractivity contribution is 0.0920. The van der Waals surface area contributed by atoms with Gasteiger partial charge in [-0.05, 0) is 61.7 Å². The standard InChI is InChI=1S/C23H21ClFN5O2/c1-11-4-19(26)29-12(2)17(11)10-28-23(31)22-13(3)30-20(32-22)7-14-5-15-8-16(24)9-27-21(15)18(25)6-14/h4-6,8-9H,7,10H2,1-3H3,(H2,26,29)(H,28,31). The van der Waals surface area contributed by atoms with Gasteiger partial charge in [-0.25, -0.2) is 14.4 Å². The Morgan fingerprint density at radius 1 is 1.16 bits per heavy atom. The number of halogens is 2. The number of rotatable bonds is 5. The third-order valence-corrected chi connectivity index (χ3v) is 5.37. The number of benzene rings is 1. The van der Waals surface area contributed by atoms with Crippen LogP contribution in [-0.4, -0.2) is 20.9 Å². The summed E-state index contributed by atoms with van der Waals surface area (Å²) in [5, 5.41) is 3.84. The highest BCUT2D eigenvalue weighted by atomic mass is 35.5. The average Bonchev–Trinajstić information content (AvgIpc) is 3.06. The summed E-state index contributed by atoms with van der Waals surface area (Å²) in [4.78, 5) is 25.3. The maximum absolute atomic E-state index is 14.4. The predicted molar refractivity (Wildman–Crippen MR) is 120 cm³/mol. The van der Waals surface area contributed by atoms with Crippen LogP contribution >= 0.6 is 11.6 Å². The van der Waals surface area contributed by atoms with Crippen LogP contribution in [0.2, 0.25) is 5.02 Å². The van der Waals surface area contributed by atoms with Crippen LogP contribution in [-0.2, 0) is 13.0 Å². The van der Waals surface area contributed by atoms with Crippen molar-refractivity contribution in [2.75, 3.05) is 5.73 Å². The molecule has 0 atom stereocenters. The van der Waals surface area contributed by atoms with Crippen molar-refractivity contribution in [3.63, 3.8) is 0 Å². The minimum absolute atomic E-state index is 0.115. The number of carbonyl (C=O) groups is 1. The SMILES string of the molecule is Cc1cc(N)nc(C)c1CNC(=O)c1oc(Cc2cc(F)c3ncc(Cl)cc3c2)nc1C. The third kappa shape index (κ3) is 4.40. The molecule has 0 aliphatic heterocycles. The van der Waals surface area contributed by atoms with Crippen LogP contribution in [0.4, 0.5) is 10.2 Å². The zero-order valence-corrected chi connectivity index (χ0v) is 18.5. The van der Waals surface area contributed by atoms with Crippen molar-refractivity contribution in [1.82, 2.24) is 20.3 Å². The van der Waals surface area contributed by atoms with Crippen LogP contribution in [0.1, 0.15) is 44.5 Å². The Morgan fingerprint density at radius 2 is 1.94 bits per heavy atom. The van der Waals surface area contributed by atoms with Gasteiger partial charge < -0.3 is 15.5 Å². The van der Waals surface area contributed by atoms with Crippen molar-refractivity contribution >= 4 is 34.2 Å². The Kier molecular flexibility index (Phi) is 5.80. The summed E-state index contributed by atoms with van der Waals surface area (Å²) in [5.41, 5.74) is 9.67. The highest BCUT2D eigenvalue weighted by Gasteiger charge is 2.19. The zero-order chi connectivity index (χ0) is 23.0. The molecule has 7 nitrogen and oxygen atoms in total. The average molecular weight is 454 g/mol. The lowest BCUT2D eigenvalue weighted by Crippen LogP contribution is -2.24. The van der Waals surface area contributed by atoms with E-state index in [-0.39, 0.29) is 24.2 Å². The smallest absolute Gasteiger partial charge is 0.289 e. The van der Waals surface area contributed by atoms with E-state index in [0.717, 1.165) is 16.8 Å². The van der Waals surface area contributed by atoms with E-state index in [9.17, 15) is 9.18 Å². The van der Waals surface area contributed by atoms with E-state index in [0.29, 0.717) is 33.4 Å². The second-order valence-electron chi connectivity index (χ2n) is 7.61. The van der Waals surface area contributed by atoms with E-state index in [1.807, 2.05) is 13.8 Å². The Balaban J connectivity index is 1.52. The first-order valence-corrected chi connectivity index (χ1v) is 10.3. The molecule has 0 bridgehead atoms. The molecule has 9 heteroatoms. The van der Waals surface area contributed by atoms with Gasteiger partial charge in [-0.1, -0.05) is 11.6 Å². The summed E-state index contributed by atoms with van der Waals surface area (Å²) in [6.45, 7) is 5.72. The fourth-order valence-corrected chi connectivity index (χ4v) is 3.82. The fourth-order valence-electron chi connectivity index (χ4n) is 3.66. The number of anilines is 1. The van der Waals surface area contributed by atoms with E-state index in [2.05, 4.69) is 20.3 Å². The molecule has 32 heavy (non-hydrogen) atoms. The second-order valence-corrected chi connectivity index (χ2v) is 8.05. The topological polar surface area (TPSA) is 107 Å². The third-order valence-electron chi connectivity index (χ3n) is 5.17. The molecule has 1 aromatic carbocycles. The molecule has 0 fully saturated rings. The quantitative estimate of drug-likeness (QED) is 0.462. The number of hydrogen-bond donors (Lipinski definition) is 2. The minimum atomic E-state index is -0.460. The molecule has 3 aromatic heterocycles. The fraction of sp³-hybridized carbons (Fsp3) is 0.217. The molecule has 3 N–H and O–H groups in total. The molecule has 1 amide bonds. The Labute approximate surface area is 188 Å². The number of nitrogen functional groups attached to an aromatic ring is 1. The Morgan fingerprint density at radius 3 is 2.69 bits per heavy atom. The van der Waals surface area contributed by atoms with E-state index in [1.165, 1.54) is 12.3 Å². The summed E-state index contributed by atoms with van der Waals surface area (Å²) >= 11 is 5.97. The largest absolute Gasteiger partial charge is 0.435 e. The zero-order valence-electron chi connectivity index (χ0n) is 17.8. The molecular formula is C23H21ClFN5O2. The minimum Gasteiger partial charge on any atom is -0.435 e. The van der Waals surface area contributed by atoms with Crippen molar-refractivity contribution in [3.8, 4) is 0 Å². The van der Waals surface area contributed by atoms with Crippen LogP contribution in [0.5, 0.6) is 0 Å². The number of carbonyl (C=O) groups excluding carboxylic acids is 1. The number of fused-ring (bicyclic) bond motifs is 1. The maximum Gasteiger partial charge on any atom is 0.289 e. The molecule has 0 aliphatic rings. The Bertz CT molecular complexity index is 1330. The summed E-state index contributed by atoms with van der Waals surface area (Å²) < 4.78 is 20.1. The second kappa shape index (κ2) is 8.55. The van der Waals surface area contributed by atoms with Gasteiger partial charge in [0.15, 0.2) is 5.89 Å². The van der Waals surface area contributed by atoms with Crippen molar-refractivity contribution in [2.45, 2.75) is 33.7 Å². The van der Waals surface area contributed by atoms with Gasteiger partial charge in [0.2, 0.25) is 5.76 Å². The number of aryl methyl sites for hydroxylation is 3. The molecule has 4 aromatic rings. The molecule has 3 heterocycles. The van der Waals surface area contributed by atoms with Crippen LogP contribution in [0.25, 0.3) is 10.9 Å². The number of amides is 1. The first-order valence-electron chi connectivity index (χ1n) is 9.92. The number of oxazole rings is 1. The van der Waals surface area contributed by atoms with E-state index >= 15 is 0 Å². The molecule has 0 unspecified atom stereocenters. The summed E-state index contributed by atoms with van der Waals surface area (Å²) in [5.74, 6) is 0.0115. The van der Waals surface area contributed by atoms with Gasteiger partial charge in [0, 0.05) is 30.2 Å². The maximum atomic E-state index is 14.4. The normalized spacial score (nSPS) is 11.2. The van der Waals surface area contributed by atoms with Crippen LogP contribution in [0.15, 0.2) is 34.9 Å². The number of nitrogens with zero attached hydrogens (tertiary/aromatic N) is 3. The number of nitrogens with two attached hydrogens (primary N) is 1. The van der Waals surface area contributed by atoms with E-state index < -0.39 is 11.7 Å². The first kappa shape index (κ1) is 21.7. The molecule has 0 saturated heterocycles. The van der Waals surface area contributed by atoms with Crippen LogP contribution in [0.3, 0.4) is 0 Å². The summed E-state index contributed by atoms with van der Waals surface area (Å²) in [6, 6.07) is 6.56. The predicted octanol–water partition coefficient (Wildman–Crippen LogP) is 4.44. The molecule has 0 aliphatic carbocycles. The van der Waals surface area contributed by atoms with Gasteiger partial charge in [0.25, 0.3) is 5.91 Å². The van der Waals surface area contributed by atoms with Gasteiger partial charge in [-0.3, -0.25) is 9.78 Å². The monoisotopic (exact) mass is 453 g/mol. The highest BCUT2D eigenvalue weighted by Crippen LogP contribution is 2.23. The van der Waals surface area contributed by atoms with Gasteiger partial charge in [0.05, 0.1) is 10.7 Å². The van der Waals surface area contributed by atoms with Gasteiger partial charge in [-0.2, -0.15) is 0 Å². The summed E-state index contributed by atoms with van der Waals surface area (Å²) in [7, 11) is 0. The number of aromatic nitrogens is 3. The lowest BCUT2D eigenvalue weighted by Gasteiger charge is -2.10. The number of nitrogens with one attached hydrogen (secondary N) is 1. The van der Waals surface area contributed by atoms with Crippen molar-refractivity contribution in [3.05, 3.63) is 81.0 Å². The highest BCUT2D eigenvalue weighted by molar-refractivity contribution is 6.31. The van der Waals surface area contributed by atoms with Crippen molar-refractivity contribution in [1.29, 1.82) is 0 Å². The van der Waals surface area contributed by atoms with Crippen LogP contribution in [0, 0.1) is 26.6 Å². The van der Waals surface area contributed by atoms with Gasteiger partial charge in [-0.15, -0.1) is 0 Å². The van der Waals surface area contributed by atoms with Gasteiger partial charge in [0.1, 0.15) is 17.2 Å². The van der Waals surface area contributed by atoms with E-state index in [4.69, 9.17) is 21.8 Å². The molecule has 0 radical (unpaired) electrons.